The summed E-state index contributed by atoms with van der Waals surface area (Å²) < 4.78 is 27.3. The van der Waals surface area contributed by atoms with Gasteiger partial charge in [-0.2, -0.15) is 0 Å². The van der Waals surface area contributed by atoms with Crippen LogP contribution in [0.1, 0.15) is 11.1 Å². The number of amidine groups is 1. The fourth-order valence-electron chi connectivity index (χ4n) is 2.52. The van der Waals surface area contributed by atoms with Crippen LogP contribution in [0.2, 0.25) is 0 Å². The molecular formula is C20H19BrN4O4S. The highest BCUT2D eigenvalue weighted by Gasteiger charge is 2.16. The number of nitrogens with one attached hydrogen (secondary N) is 1. The van der Waals surface area contributed by atoms with Gasteiger partial charge in [0.2, 0.25) is 0 Å². The van der Waals surface area contributed by atoms with Crippen molar-refractivity contribution in [2.45, 2.75) is 11.4 Å². The molecule has 0 radical (unpaired) electrons. The zero-order chi connectivity index (χ0) is 20.9. The maximum Gasteiger partial charge on any atom is 0.269 e. The lowest BCUT2D eigenvalue weighted by Gasteiger charge is -2.08. The second-order valence-corrected chi connectivity index (χ2v) is 7.80. The third-order valence-electron chi connectivity index (χ3n) is 4.07. The molecule has 0 fully saturated rings. The van der Waals surface area contributed by atoms with Gasteiger partial charge in [0.1, 0.15) is 5.84 Å². The van der Waals surface area contributed by atoms with Gasteiger partial charge in [-0.1, -0.05) is 42.5 Å². The Bertz CT molecular complexity index is 1130. The van der Waals surface area contributed by atoms with E-state index in [0.717, 1.165) is 23.3 Å². The summed E-state index contributed by atoms with van der Waals surface area (Å²) in [7, 11) is -3.85. The number of nitro groups is 1. The van der Waals surface area contributed by atoms with Gasteiger partial charge in [0, 0.05) is 23.4 Å². The number of aliphatic imine (C=N–C) groups is 1. The Kier molecular flexibility index (Phi) is 7.67. The van der Waals surface area contributed by atoms with E-state index in [9.17, 15) is 18.5 Å². The molecular weight excluding hydrogens is 472 g/mol. The van der Waals surface area contributed by atoms with Gasteiger partial charge < -0.3 is 5.73 Å². The number of hydrogen-bond acceptors (Lipinski definition) is 5. The number of rotatable bonds is 7. The first-order chi connectivity index (χ1) is 13.8. The maximum absolute atomic E-state index is 12.4. The summed E-state index contributed by atoms with van der Waals surface area (Å²) in [5.41, 5.74) is 7.85. The number of hydrogen-bond donors (Lipinski definition) is 2. The first kappa shape index (κ1) is 23.0. The van der Waals surface area contributed by atoms with Crippen LogP contribution in [0, 0.1) is 10.1 Å². The lowest BCUT2D eigenvalue weighted by Crippen LogP contribution is -2.13. The molecule has 0 bridgehead atoms. The first-order valence-electron chi connectivity index (χ1n) is 8.57. The molecule has 3 aromatic rings. The van der Waals surface area contributed by atoms with Gasteiger partial charge >= 0.3 is 0 Å². The zero-order valence-electron chi connectivity index (χ0n) is 15.6. The lowest BCUT2D eigenvalue weighted by molar-refractivity contribution is -0.384. The van der Waals surface area contributed by atoms with Crippen LogP contribution >= 0.6 is 17.0 Å². The minimum Gasteiger partial charge on any atom is -0.383 e. The van der Waals surface area contributed by atoms with Gasteiger partial charge in [0.25, 0.3) is 15.7 Å². The Morgan fingerprint density at radius 3 is 2.13 bits per heavy atom. The fraction of sp³-hybridized carbons (Fsp3) is 0.0500. The summed E-state index contributed by atoms with van der Waals surface area (Å²) in [6.45, 7) is 0.357. The van der Waals surface area contributed by atoms with Gasteiger partial charge in [-0.15, -0.1) is 17.0 Å². The molecule has 0 heterocycles. The standard InChI is InChI=1S/C20H18N4O4S.BrH/c21-20(16-4-2-1-3-5-16)22-14-15-6-8-17(9-7-15)23-29(27,28)19-12-10-18(11-13-19)24(25)26;/h1-13,23H,14H2,(H2,21,22);1H. The average molecular weight is 491 g/mol. The fourth-order valence-corrected chi connectivity index (χ4v) is 3.57. The molecule has 0 spiro atoms. The minimum atomic E-state index is -3.85. The molecule has 0 aliphatic rings. The smallest absolute Gasteiger partial charge is 0.269 e. The number of nitrogens with zero attached hydrogens (tertiary/aromatic N) is 2. The summed E-state index contributed by atoms with van der Waals surface area (Å²) >= 11 is 0. The summed E-state index contributed by atoms with van der Waals surface area (Å²) in [4.78, 5) is 14.4. The summed E-state index contributed by atoms with van der Waals surface area (Å²) in [5, 5.41) is 10.7. The maximum atomic E-state index is 12.4. The molecule has 30 heavy (non-hydrogen) atoms. The highest BCUT2D eigenvalue weighted by molar-refractivity contribution is 8.93. The molecule has 0 aliphatic heterocycles. The van der Waals surface area contributed by atoms with Gasteiger partial charge in [-0.3, -0.25) is 19.8 Å². The zero-order valence-corrected chi connectivity index (χ0v) is 18.2. The van der Waals surface area contributed by atoms with Gasteiger partial charge in [0.15, 0.2) is 0 Å². The highest BCUT2D eigenvalue weighted by atomic mass is 79.9. The topological polar surface area (TPSA) is 128 Å². The second-order valence-electron chi connectivity index (χ2n) is 6.12. The van der Waals surface area contributed by atoms with Crippen LogP contribution in [0.3, 0.4) is 0 Å². The summed E-state index contributed by atoms with van der Waals surface area (Å²) in [6, 6.07) is 20.8. The average Bonchev–Trinajstić information content (AvgIpc) is 2.73. The van der Waals surface area contributed by atoms with Crippen LogP contribution < -0.4 is 10.5 Å². The molecule has 3 aromatic carbocycles. The van der Waals surface area contributed by atoms with Crippen molar-refractivity contribution in [2.24, 2.45) is 10.7 Å². The molecule has 0 saturated heterocycles. The summed E-state index contributed by atoms with van der Waals surface area (Å²) in [6.07, 6.45) is 0. The predicted octanol–water partition coefficient (Wildman–Crippen LogP) is 3.88. The van der Waals surface area contributed by atoms with E-state index in [4.69, 9.17) is 5.73 Å². The van der Waals surface area contributed by atoms with E-state index >= 15 is 0 Å². The molecule has 8 nitrogen and oxygen atoms in total. The molecule has 10 heteroatoms. The van der Waals surface area contributed by atoms with Crippen molar-refractivity contribution in [1.82, 2.24) is 0 Å². The van der Waals surface area contributed by atoms with Crippen LogP contribution in [-0.2, 0) is 16.6 Å². The highest BCUT2D eigenvalue weighted by Crippen LogP contribution is 2.20. The van der Waals surface area contributed by atoms with Crippen LogP contribution in [0.4, 0.5) is 11.4 Å². The molecule has 0 aromatic heterocycles. The van der Waals surface area contributed by atoms with Gasteiger partial charge in [-0.05, 0) is 29.8 Å². The molecule has 156 valence electrons. The van der Waals surface area contributed by atoms with E-state index in [1.165, 1.54) is 12.1 Å². The number of halogens is 1. The van der Waals surface area contributed by atoms with Gasteiger partial charge in [0.05, 0.1) is 16.4 Å². The number of non-ortho nitro benzene ring substituents is 1. The third kappa shape index (κ3) is 5.88. The van der Waals surface area contributed by atoms with Gasteiger partial charge in [-0.25, -0.2) is 8.42 Å². The van der Waals surface area contributed by atoms with Crippen molar-refractivity contribution in [3.05, 3.63) is 100 Å². The van der Waals surface area contributed by atoms with E-state index in [0.29, 0.717) is 18.1 Å². The predicted molar refractivity (Wildman–Crippen MR) is 122 cm³/mol. The Hall–Kier alpha value is -3.24. The number of nitrogens with two attached hydrogens (primary N) is 1. The number of sulfonamides is 1. The number of anilines is 1. The first-order valence-corrected chi connectivity index (χ1v) is 10.0. The SMILES string of the molecule is Br.NC(=NCc1ccc(NS(=O)(=O)c2ccc([N+](=O)[O-])cc2)cc1)c1ccccc1. The molecule has 0 aliphatic carbocycles. The van der Waals surface area contributed by atoms with E-state index in [1.54, 1.807) is 24.3 Å². The Morgan fingerprint density at radius 2 is 1.57 bits per heavy atom. The normalized spacial score (nSPS) is 11.4. The largest absolute Gasteiger partial charge is 0.383 e. The Labute approximate surface area is 184 Å². The van der Waals surface area contributed by atoms with Crippen molar-refractivity contribution < 1.29 is 13.3 Å². The minimum absolute atomic E-state index is 0. The molecule has 3 rings (SSSR count). The molecule has 0 amide bonds. The molecule has 3 N–H and O–H groups in total. The van der Waals surface area contributed by atoms with E-state index in [2.05, 4.69) is 9.71 Å². The molecule has 0 atom stereocenters. The molecule has 0 saturated carbocycles. The van der Waals surface area contributed by atoms with E-state index in [-0.39, 0.29) is 27.6 Å². The van der Waals surface area contributed by atoms with Crippen molar-refractivity contribution in [1.29, 1.82) is 0 Å². The number of nitro benzene ring substituents is 1. The number of benzene rings is 3. The van der Waals surface area contributed by atoms with Crippen LogP contribution in [0.25, 0.3) is 0 Å². The second kappa shape index (κ2) is 9.99. The van der Waals surface area contributed by atoms with E-state index < -0.39 is 14.9 Å². The summed E-state index contributed by atoms with van der Waals surface area (Å²) in [5.74, 6) is 0.425. The third-order valence-corrected chi connectivity index (χ3v) is 5.46. The van der Waals surface area contributed by atoms with Crippen molar-refractivity contribution in [3.63, 3.8) is 0 Å². The van der Waals surface area contributed by atoms with Crippen molar-refractivity contribution in [3.8, 4) is 0 Å². The van der Waals surface area contributed by atoms with Crippen LogP contribution in [0.15, 0.2) is 88.8 Å². The monoisotopic (exact) mass is 490 g/mol. The Morgan fingerprint density at radius 1 is 0.967 bits per heavy atom. The van der Waals surface area contributed by atoms with E-state index in [1.807, 2.05) is 30.3 Å². The van der Waals surface area contributed by atoms with Crippen molar-refractivity contribution in [2.75, 3.05) is 4.72 Å². The Balaban J connectivity index is 0.00000320. The van der Waals surface area contributed by atoms with Crippen molar-refractivity contribution >= 4 is 44.2 Å². The van der Waals surface area contributed by atoms with Crippen LogP contribution in [0.5, 0.6) is 0 Å². The lowest BCUT2D eigenvalue weighted by atomic mass is 10.2. The quantitative estimate of drug-likeness (QED) is 0.224. The molecule has 0 unspecified atom stereocenters. The van der Waals surface area contributed by atoms with Crippen LogP contribution in [-0.4, -0.2) is 19.2 Å².